The molecule has 2 aromatic rings. The van der Waals surface area contributed by atoms with Crippen LogP contribution in [0.5, 0.6) is 5.75 Å². The molecule has 0 aliphatic carbocycles. The largest absolute Gasteiger partial charge is 0.497 e. The summed E-state index contributed by atoms with van der Waals surface area (Å²) in [5.41, 5.74) is 8.23. The van der Waals surface area contributed by atoms with Crippen molar-refractivity contribution in [2.75, 3.05) is 19.4 Å². The van der Waals surface area contributed by atoms with Crippen LogP contribution < -0.4 is 10.5 Å². The van der Waals surface area contributed by atoms with Crippen LogP contribution in [0.4, 0.5) is 5.69 Å². The number of anilines is 1. The molecule has 1 aromatic heterocycles. The number of hydrogen-bond donors (Lipinski definition) is 1. The number of hydrogen-bond acceptors (Lipinski definition) is 4. The lowest BCUT2D eigenvalue weighted by atomic mass is 10.00. The van der Waals surface area contributed by atoms with E-state index in [1.54, 1.807) is 36.6 Å². The molecule has 0 saturated carbocycles. The van der Waals surface area contributed by atoms with E-state index in [1.165, 1.54) is 10.4 Å². The Labute approximate surface area is 128 Å². The molecule has 1 amide bonds. The first-order valence-corrected chi connectivity index (χ1v) is 7.80. The molecule has 0 radical (unpaired) electrons. The molecule has 1 aromatic carbocycles. The normalized spacial score (nSPS) is 17.4. The third-order valence-electron chi connectivity index (χ3n) is 3.95. The van der Waals surface area contributed by atoms with Gasteiger partial charge in [-0.3, -0.25) is 4.79 Å². The number of benzene rings is 1. The van der Waals surface area contributed by atoms with Crippen LogP contribution in [0.2, 0.25) is 0 Å². The van der Waals surface area contributed by atoms with Gasteiger partial charge in [0.05, 0.1) is 13.2 Å². The topological polar surface area (TPSA) is 55.6 Å². The van der Waals surface area contributed by atoms with E-state index in [-0.39, 0.29) is 11.9 Å². The molecular formula is C16H18N2O2S. The van der Waals surface area contributed by atoms with Crippen LogP contribution in [0.25, 0.3) is 0 Å². The zero-order valence-electron chi connectivity index (χ0n) is 12.1. The number of carbonyl (C=O) groups is 1. The van der Waals surface area contributed by atoms with Gasteiger partial charge in [0.1, 0.15) is 5.75 Å². The van der Waals surface area contributed by atoms with Crippen LogP contribution in [-0.4, -0.2) is 24.5 Å². The van der Waals surface area contributed by atoms with Gasteiger partial charge in [-0.2, -0.15) is 0 Å². The van der Waals surface area contributed by atoms with Gasteiger partial charge in [0.25, 0.3) is 5.91 Å². The molecule has 1 unspecified atom stereocenters. The Bertz CT molecular complexity index is 681. The van der Waals surface area contributed by atoms with Crippen molar-refractivity contribution in [3.8, 4) is 5.75 Å². The summed E-state index contributed by atoms with van der Waals surface area (Å²) in [6.07, 6.45) is 0.919. The molecule has 21 heavy (non-hydrogen) atoms. The highest BCUT2D eigenvalue weighted by atomic mass is 32.1. The highest BCUT2D eigenvalue weighted by Crippen LogP contribution is 2.34. The van der Waals surface area contributed by atoms with Crippen molar-refractivity contribution in [3.63, 3.8) is 0 Å². The lowest BCUT2D eigenvalue weighted by Crippen LogP contribution is -2.38. The third kappa shape index (κ3) is 2.49. The Kier molecular flexibility index (Phi) is 3.59. The lowest BCUT2D eigenvalue weighted by Gasteiger charge is -2.33. The first kappa shape index (κ1) is 13.9. The summed E-state index contributed by atoms with van der Waals surface area (Å²) in [5, 5.41) is 2.10. The number of fused-ring (bicyclic) bond motifs is 1. The van der Waals surface area contributed by atoms with Crippen molar-refractivity contribution in [2.45, 2.75) is 19.4 Å². The Balaban J connectivity index is 1.91. The fraction of sp³-hybridized carbons (Fsp3) is 0.312. The Hall–Kier alpha value is -2.01. The molecule has 5 heteroatoms. The van der Waals surface area contributed by atoms with Crippen LogP contribution >= 0.6 is 11.3 Å². The average Bonchev–Trinajstić information content (AvgIpc) is 2.95. The smallest absolute Gasteiger partial charge is 0.254 e. The molecular weight excluding hydrogens is 284 g/mol. The van der Waals surface area contributed by atoms with E-state index < -0.39 is 0 Å². The lowest BCUT2D eigenvalue weighted by molar-refractivity contribution is 0.0679. The Morgan fingerprint density at radius 1 is 1.43 bits per heavy atom. The number of nitrogen functional groups attached to an aromatic ring is 1. The highest BCUT2D eigenvalue weighted by molar-refractivity contribution is 7.10. The quantitative estimate of drug-likeness (QED) is 0.867. The monoisotopic (exact) mass is 302 g/mol. The van der Waals surface area contributed by atoms with Gasteiger partial charge in [0.2, 0.25) is 0 Å². The number of nitrogens with two attached hydrogens (primary N) is 1. The predicted octanol–water partition coefficient (Wildman–Crippen LogP) is 3.10. The molecule has 2 heterocycles. The summed E-state index contributed by atoms with van der Waals surface area (Å²) in [6, 6.07) is 7.38. The van der Waals surface area contributed by atoms with Gasteiger partial charge in [-0.1, -0.05) is 0 Å². The van der Waals surface area contributed by atoms with E-state index in [0.717, 1.165) is 13.0 Å². The molecule has 0 spiro atoms. The molecule has 1 aliphatic rings. The number of methoxy groups -OCH3 is 1. The van der Waals surface area contributed by atoms with E-state index >= 15 is 0 Å². The molecule has 1 atom stereocenters. The van der Waals surface area contributed by atoms with E-state index in [9.17, 15) is 4.79 Å². The molecule has 4 nitrogen and oxygen atoms in total. The number of carbonyl (C=O) groups excluding carboxylic acids is 1. The zero-order chi connectivity index (χ0) is 15.0. The summed E-state index contributed by atoms with van der Waals surface area (Å²) in [6.45, 7) is 2.82. The fourth-order valence-electron chi connectivity index (χ4n) is 2.82. The number of thiophene rings is 1. The van der Waals surface area contributed by atoms with Gasteiger partial charge in [-0.15, -0.1) is 11.3 Å². The summed E-state index contributed by atoms with van der Waals surface area (Å²) in [7, 11) is 1.57. The summed E-state index contributed by atoms with van der Waals surface area (Å²) in [4.78, 5) is 16.1. The van der Waals surface area contributed by atoms with E-state index in [1.807, 2.05) is 4.90 Å². The molecule has 0 bridgehead atoms. The number of nitrogens with zero attached hydrogens (tertiary/aromatic N) is 1. The predicted molar refractivity (Wildman–Crippen MR) is 84.9 cm³/mol. The number of amides is 1. The van der Waals surface area contributed by atoms with Crippen LogP contribution in [0.3, 0.4) is 0 Å². The molecule has 0 saturated heterocycles. The van der Waals surface area contributed by atoms with Crippen LogP contribution in [-0.2, 0) is 6.42 Å². The fourth-order valence-corrected chi connectivity index (χ4v) is 3.78. The minimum Gasteiger partial charge on any atom is -0.497 e. The molecule has 0 fully saturated rings. The minimum atomic E-state index is 0.00458. The summed E-state index contributed by atoms with van der Waals surface area (Å²) < 4.78 is 5.19. The van der Waals surface area contributed by atoms with Crippen molar-refractivity contribution >= 4 is 22.9 Å². The van der Waals surface area contributed by atoms with Crippen molar-refractivity contribution in [2.24, 2.45) is 0 Å². The standard InChI is InChI=1S/C16H18N2O2S/c1-10-14-4-6-21-15(14)3-5-18(10)16(19)11-7-12(17)9-13(8-11)20-2/h4,6-10H,3,5,17H2,1-2H3. The van der Waals surface area contributed by atoms with Crippen LogP contribution in [0.15, 0.2) is 29.6 Å². The zero-order valence-corrected chi connectivity index (χ0v) is 12.9. The second-order valence-corrected chi connectivity index (χ2v) is 6.22. The van der Waals surface area contributed by atoms with Gasteiger partial charge < -0.3 is 15.4 Å². The van der Waals surface area contributed by atoms with Gasteiger partial charge in [-0.25, -0.2) is 0 Å². The van der Waals surface area contributed by atoms with Gasteiger partial charge in [-0.05, 0) is 42.5 Å². The average molecular weight is 302 g/mol. The highest BCUT2D eigenvalue weighted by Gasteiger charge is 2.29. The van der Waals surface area contributed by atoms with Gasteiger partial charge in [0, 0.05) is 28.7 Å². The van der Waals surface area contributed by atoms with Crippen LogP contribution in [0, 0.1) is 0 Å². The van der Waals surface area contributed by atoms with E-state index in [0.29, 0.717) is 17.0 Å². The van der Waals surface area contributed by atoms with Crippen molar-refractivity contribution in [3.05, 3.63) is 45.6 Å². The van der Waals surface area contributed by atoms with Gasteiger partial charge >= 0.3 is 0 Å². The summed E-state index contributed by atoms with van der Waals surface area (Å²) >= 11 is 1.77. The molecule has 3 rings (SSSR count). The van der Waals surface area contributed by atoms with Crippen molar-refractivity contribution in [1.29, 1.82) is 0 Å². The summed E-state index contributed by atoms with van der Waals surface area (Å²) in [5.74, 6) is 0.615. The maximum absolute atomic E-state index is 12.8. The van der Waals surface area contributed by atoms with Crippen molar-refractivity contribution < 1.29 is 9.53 Å². The molecule has 110 valence electrons. The first-order chi connectivity index (χ1) is 10.1. The number of ether oxygens (including phenoxy) is 1. The molecule has 2 N–H and O–H groups in total. The van der Waals surface area contributed by atoms with E-state index in [4.69, 9.17) is 10.5 Å². The van der Waals surface area contributed by atoms with Gasteiger partial charge in [0.15, 0.2) is 0 Å². The number of rotatable bonds is 2. The van der Waals surface area contributed by atoms with Crippen LogP contribution in [0.1, 0.15) is 33.8 Å². The maximum atomic E-state index is 12.8. The van der Waals surface area contributed by atoms with Crippen molar-refractivity contribution in [1.82, 2.24) is 4.90 Å². The second kappa shape index (κ2) is 5.41. The maximum Gasteiger partial charge on any atom is 0.254 e. The second-order valence-electron chi connectivity index (χ2n) is 5.22. The first-order valence-electron chi connectivity index (χ1n) is 6.92. The molecule has 1 aliphatic heterocycles. The third-order valence-corrected chi connectivity index (χ3v) is 4.95. The Morgan fingerprint density at radius 2 is 2.24 bits per heavy atom. The SMILES string of the molecule is COc1cc(N)cc(C(=O)N2CCc3sccc3C2C)c1. The van der Waals surface area contributed by atoms with E-state index in [2.05, 4.69) is 18.4 Å². The minimum absolute atomic E-state index is 0.00458. The Morgan fingerprint density at radius 3 is 3.00 bits per heavy atom.